The van der Waals surface area contributed by atoms with Gasteiger partial charge in [-0.3, -0.25) is 9.78 Å². The predicted molar refractivity (Wildman–Crippen MR) is 108 cm³/mol. The minimum absolute atomic E-state index is 0.0177. The molecule has 2 aromatic rings. The highest BCUT2D eigenvalue weighted by molar-refractivity contribution is 5.90. The summed E-state index contributed by atoms with van der Waals surface area (Å²) in [6.45, 7) is 8.07. The number of nitrogens with zero attached hydrogens (tertiary/aromatic N) is 2. The van der Waals surface area contributed by atoms with Crippen LogP contribution in [0.15, 0.2) is 36.8 Å². The molecule has 0 spiro atoms. The number of nitrogens with one attached hydrogen (secondary N) is 1. The fraction of sp³-hybridized carbons (Fsp3) is 0.450. The van der Waals surface area contributed by atoms with Crippen molar-refractivity contribution in [3.05, 3.63) is 53.6 Å². The smallest absolute Gasteiger partial charge is 0.272 e. The highest BCUT2D eigenvalue weighted by atomic mass is 19.3. The number of carbonyl (C=O) groups excluding carboxylic acids is 1. The van der Waals surface area contributed by atoms with Crippen molar-refractivity contribution < 1.29 is 18.3 Å². The predicted octanol–water partition coefficient (Wildman–Crippen LogP) is 2.81. The molecule has 0 saturated heterocycles. The SMILES string of the molecule is CC(NC(C)(C)C)c1ccc(OCC(F)F)cc1CN.NC(=O)c1cnccn1. The largest absolute Gasteiger partial charge is 0.488 e. The van der Waals surface area contributed by atoms with Crippen molar-refractivity contribution in [3.8, 4) is 5.75 Å². The van der Waals surface area contributed by atoms with Crippen molar-refractivity contribution in [2.75, 3.05) is 6.61 Å². The number of hydrogen-bond acceptors (Lipinski definition) is 6. The van der Waals surface area contributed by atoms with Crippen molar-refractivity contribution in [2.45, 2.75) is 52.2 Å². The molecule has 1 unspecified atom stereocenters. The molecule has 0 aliphatic heterocycles. The number of primary amides is 1. The molecule has 9 heteroatoms. The van der Waals surface area contributed by atoms with Crippen molar-refractivity contribution in [2.24, 2.45) is 11.5 Å². The van der Waals surface area contributed by atoms with Gasteiger partial charge in [-0.05, 0) is 51.0 Å². The Kier molecular flexibility index (Phi) is 9.57. The van der Waals surface area contributed by atoms with Gasteiger partial charge < -0.3 is 21.5 Å². The van der Waals surface area contributed by atoms with Gasteiger partial charge in [0.15, 0.2) is 0 Å². The molecule has 0 aliphatic rings. The van der Waals surface area contributed by atoms with Crippen LogP contribution >= 0.6 is 0 Å². The molecule has 7 nitrogen and oxygen atoms in total. The lowest BCUT2D eigenvalue weighted by molar-refractivity contribution is 0.0818. The third-order valence-electron chi connectivity index (χ3n) is 3.64. The van der Waals surface area contributed by atoms with E-state index in [0.717, 1.165) is 11.1 Å². The Morgan fingerprint density at radius 3 is 2.41 bits per heavy atom. The summed E-state index contributed by atoms with van der Waals surface area (Å²) in [7, 11) is 0. The minimum atomic E-state index is -2.47. The second kappa shape index (κ2) is 11.4. The molecule has 1 amide bonds. The maximum atomic E-state index is 12.1. The first-order valence-corrected chi connectivity index (χ1v) is 9.11. The number of rotatable bonds is 7. The summed E-state index contributed by atoms with van der Waals surface area (Å²) in [6.07, 6.45) is 1.74. The molecule has 1 aromatic carbocycles. The Labute approximate surface area is 169 Å². The summed E-state index contributed by atoms with van der Waals surface area (Å²) in [6, 6.07) is 5.44. The van der Waals surface area contributed by atoms with Crippen LogP contribution in [0.5, 0.6) is 5.75 Å². The third kappa shape index (κ3) is 9.40. The molecule has 1 aromatic heterocycles. The van der Waals surface area contributed by atoms with Crippen molar-refractivity contribution in [1.82, 2.24) is 15.3 Å². The van der Waals surface area contributed by atoms with E-state index in [9.17, 15) is 13.6 Å². The third-order valence-corrected chi connectivity index (χ3v) is 3.64. The van der Waals surface area contributed by atoms with Crippen LogP contribution in [-0.2, 0) is 6.54 Å². The van der Waals surface area contributed by atoms with Crippen LogP contribution in [0.1, 0.15) is 55.4 Å². The molecule has 5 N–H and O–H groups in total. The zero-order chi connectivity index (χ0) is 22.0. The van der Waals surface area contributed by atoms with Crippen molar-refractivity contribution in [1.29, 1.82) is 0 Å². The van der Waals surface area contributed by atoms with Crippen molar-refractivity contribution >= 4 is 5.91 Å². The Hall–Kier alpha value is -2.65. The lowest BCUT2D eigenvalue weighted by Crippen LogP contribution is -2.38. The molecular weight excluding hydrogens is 380 g/mol. The van der Waals surface area contributed by atoms with E-state index in [4.69, 9.17) is 16.2 Å². The fourth-order valence-corrected chi connectivity index (χ4v) is 2.58. The number of carbonyl (C=O) groups is 1. The van der Waals surface area contributed by atoms with Gasteiger partial charge in [0.25, 0.3) is 12.3 Å². The zero-order valence-electron chi connectivity index (χ0n) is 17.2. The number of ether oxygens (including phenoxy) is 1. The molecule has 1 atom stereocenters. The number of alkyl halides is 2. The van der Waals surface area contributed by atoms with E-state index in [1.165, 1.54) is 18.6 Å². The molecule has 2 rings (SSSR count). The van der Waals surface area contributed by atoms with Crippen LogP contribution in [0, 0.1) is 0 Å². The van der Waals surface area contributed by atoms with Gasteiger partial charge in [-0.15, -0.1) is 0 Å². The van der Waals surface area contributed by atoms with E-state index < -0.39 is 18.9 Å². The van der Waals surface area contributed by atoms with Gasteiger partial charge in [0.1, 0.15) is 18.1 Å². The number of nitrogens with two attached hydrogens (primary N) is 2. The normalized spacial score (nSPS) is 12.1. The molecular formula is C20H29F2N5O2. The lowest BCUT2D eigenvalue weighted by atomic mass is 9.98. The first-order chi connectivity index (χ1) is 13.5. The standard InChI is InChI=1S/C15H24F2N2O.C5H5N3O/c1-10(19-15(2,3)4)13-6-5-12(7-11(13)8-18)20-9-14(16)17;6-5(9)4-3-7-1-2-8-4/h5-7,10,14,19H,8-9,18H2,1-4H3;1-3H,(H2,6,9). The summed E-state index contributed by atoms with van der Waals surface area (Å²) in [5.74, 6) is -0.124. The Morgan fingerprint density at radius 1 is 1.28 bits per heavy atom. The number of amides is 1. The Morgan fingerprint density at radius 2 is 1.97 bits per heavy atom. The monoisotopic (exact) mass is 409 g/mol. The van der Waals surface area contributed by atoms with E-state index >= 15 is 0 Å². The maximum absolute atomic E-state index is 12.1. The van der Waals surface area contributed by atoms with Crippen molar-refractivity contribution in [3.63, 3.8) is 0 Å². The van der Waals surface area contributed by atoms with Gasteiger partial charge >= 0.3 is 0 Å². The molecule has 0 fully saturated rings. The van der Waals surface area contributed by atoms with Crippen LogP contribution in [0.25, 0.3) is 0 Å². The van der Waals surface area contributed by atoms with Gasteiger partial charge in [0.05, 0.1) is 6.20 Å². The van der Waals surface area contributed by atoms with Crippen LogP contribution in [0.3, 0.4) is 0 Å². The molecule has 160 valence electrons. The highest BCUT2D eigenvalue weighted by Gasteiger charge is 2.17. The Bertz CT molecular complexity index is 767. The fourth-order valence-electron chi connectivity index (χ4n) is 2.58. The number of aromatic nitrogens is 2. The van der Waals surface area contributed by atoms with E-state index in [1.54, 1.807) is 12.1 Å². The quantitative estimate of drug-likeness (QED) is 0.648. The van der Waals surface area contributed by atoms with E-state index in [0.29, 0.717) is 12.3 Å². The van der Waals surface area contributed by atoms with E-state index in [1.807, 2.05) is 6.07 Å². The summed E-state index contributed by atoms with van der Waals surface area (Å²) < 4.78 is 29.3. The number of benzene rings is 1. The topological polar surface area (TPSA) is 116 Å². The average Bonchev–Trinajstić information content (AvgIpc) is 2.65. The van der Waals surface area contributed by atoms with Crippen LogP contribution in [-0.4, -0.2) is 34.4 Å². The first-order valence-electron chi connectivity index (χ1n) is 9.11. The van der Waals surface area contributed by atoms with Gasteiger partial charge in [-0.25, -0.2) is 13.8 Å². The second-order valence-corrected chi connectivity index (χ2v) is 7.34. The van der Waals surface area contributed by atoms with Gasteiger partial charge in [0, 0.05) is 30.5 Å². The first kappa shape index (κ1) is 24.4. The minimum Gasteiger partial charge on any atom is -0.488 e. The molecule has 0 radical (unpaired) electrons. The van der Waals surface area contributed by atoms with Crippen LogP contribution in [0.4, 0.5) is 8.78 Å². The highest BCUT2D eigenvalue weighted by Crippen LogP contribution is 2.24. The summed E-state index contributed by atoms with van der Waals surface area (Å²) in [5, 5.41) is 3.46. The van der Waals surface area contributed by atoms with Crippen LogP contribution in [0.2, 0.25) is 0 Å². The van der Waals surface area contributed by atoms with E-state index in [2.05, 4.69) is 43.0 Å². The molecule has 0 saturated carbocycles. The summed E-state index contributed by atoms with van der Waals surface area (Å²) >= 11 is 0. The van der Waals surface area contributed by atoms with Gasteiger partial charge in [0.2, 0.25) is 0 Å². The summed E-state index contributed by atoms with van der Waals surface area (Å²) in [4.78, 5) is 17.6. The van der Waals surface area contributed by atoms with Gasteiger partial charge in [-0.1, -0.05) is 6.07 Å². The Balaban J connectivity index is 0.000000387. The maximum Gasteiger partial charge on any atom is 0.272 e. The zero-order valence-corrected chi connectivity index (χ0v) is 17.2. The average molecular weight is 409 g/mol. The molecule has 29 heavy (non-hydrogen) atoms. The van der Waals surface area contributed by atoms with Crippen LogP contribution < -0.4 is 21.5 Å². The lowest BCUT2D eigenvalue weighted by Gasteiger charge is -2.27. The summed E-state index contributed by atoms with van der Waals surface area (Å²) in [5.41, 5.74) is 12.8. The molecule has 0 aliphatic carbocycles. The number of hydrogen-bond donors (Lipinski definition) is 3. The second-order valence-electron chi connectivity index (χ2n) is 7.34. The number of halogens is 2. The van der Waals surface area contributed by atoms with Gasteiger partial charge in [-0.2, -0.15) is 0 Å². The molecule has 0 bridgehead atoms. The molecule has 1 heterocycles. The van der Waals surface area contributed by atoms with E-state index in [-0.39, 0.29) is 17.3 Å².